The zero-order valence-corrected chi connectivity index (χ0v) is 36.2. The predicted molar refractivity (Wildman–Crippen MR) is 204 cm³/mol. The Balaban J connectivity index is 1.01. The summed E-state index contributed by atoms with van der Waals surface area (Å²) in [6, 6.07) is 0. The first-order chi connectivity index (χ1) is 32.5. The van der Waals surface area contributed by atoms with Crippen LogP contribution in [-0.4, -0.2) is 327 Å². The average molecular weight is 1020 g/mol. The number of carbonyl (C=O) groups is 1. The lowest BCUT2D eigenvalue weighted by atomic mass is 9.97. The standard InChI is InChI=1S/C37H62O32/c1-58-32-24(50)17(43)12(38)7(64-32)2-59-33-25(51)18(44)13(39)8(65-33)3-60-34-26(52)19(45)14(40)9(66-34)4-61-35-27(53)20(46)15(41)10(67-35)5-62-36-28(54)21(47)16(42)11(68-36)6-63-37-29(55)22(48)23(49)30(69-37)31(56)57/h7-30,32-55H,2-6H2,1H3,(H,56,57)/t7?,8?,9?,10-,11?,12-,13?,14-,15?,16-,17?,18+,19?,20+,21?,22+,23?,24-,25?,26-,27?,28-,29?,30+,32+,33-,34?,35-,36?,37-/m1/s1. The molecule has 19 N–H and O–H groups in total. The Morgan fingerprint density at radius 2 is 0.507 bits per heavy atom. The van der Waals surface area contributed by atoms with Crippen LogP contribution in [0, 0.1) is 0 Å². The van der Waals surface area contributed by atoms with Crippen LogP contribution in [0.15, 0.2) is 0 Å². The fourth-order valence-corrected chi connectivity index (χ4v) is 8.16. The van der Waals surface area contributed by atoms with Crippen LogP contribution in [0.25, 0.3) is 0 Å². The SMILES string of the molecule is CO[C@H]1OC(CO[C@@H]2OC(COC3OC(CO[C@@H]4O[C@H](COC5OC(CO[C@@H]6O[C@H](C(=O)O)C(O)[C@H](O)C6O)[C@@H](O)C(O)[C@H]5O)C(O)[C@H](O)C4O)[C@@H](O)C(O)[C@H]3O)C(O)[C@H](O)C2O)[C@@H](O)C(O)[C@H]1O. The van der Waals surface area contributed by atoms with Gasteiger partial charge in [-0.3, -0.25) is 0 Å². The fraction of sp³-hybridized carbons (Fsp3) is 0.973. The summed E-state index contributed by atoms with van der Waals surface area (Å²) < 4.78 is 64.8. The largest absolute Gasteiger partial charge is 0.479 e. The molecule has 0 amide bonds. The summed E-state index contributed by atoms with van der Waals surface area (Å²) >= 11 is 0. The van der Waals surface area contributed by atoms with Crippen molar-refractivity contribution >= 4 is 5.97 Å². The highest BCUT2D eigenvalue weighted by molar-refractivity contribution is 5.73. The average Bonchev–Trinajstić information content (AvgIpc) is 3.32. The second-order valence-electron chi connectivity index (χ2n) is 17.2. The molecule has 0 saturated carbocycles. The van der Waals surface area contributed by atoms with Crippen LogP contribution in [0.4, 0.5) is 0 Å². The lowest BCUT2D eigenvalue weighted by molar-refractivity contribution is -0.352. The Bertz CT molecular complexity index is 1600. The predicted octanol–water partition coefficient (Wildman–Crippen LogP) is -13.4. The van der Waals surface area contributed by atoms with E-state index in [0.29, 0.717) is 0 Å². The van der Waals surface area contributed by atoms with Gasteiger partial charge in [0.2, 0.25) is 0 Å². The monoisotopic (exact) mass is 1020 g/mol. The van der Waals surface area contributed by atoms with Crippen molar-refractivity contribution in [1.29, 1.82) is 0 Å². The molecule has 6 aliphatic rings. The normalized spacial score (nSPS) is 52.1. The van der Waals surface area contributed by atoms with E-state index in [2.05, 4.69) is 0 Å². The Kier molecular flexibility index (Phi) is 19.7. The Hall–Kier alpha value is -1.73. The Labute approximate surface area is 388 Å². The summed E-state index contributed by atoms with van der Waals surface area (Å²) in [4.78, 5) is 11.4. The van der Waals surface area contributed by atoms with Crippen molar-refractivity contribution in [2.75, 3.05) is 40.1 Å². The summed E-state index contributed by atoms with van der Waals surface area (Å²) in [5, 5.41) is 197. The van der Waals surface area contributed by atoms with Crippen LogP contribution < -0.4 is 0 Å². The number of hydrogen-bond donors (Lipinski definition) is 19. The van der Waals surface area contributed by atoms with Crippen LogP contribution in [0.5, 0.6) is 0 Å². The van der Waals surface area contributed by atoms with Gasteiger partial charge >= 0.3 is 5.97 Å². The highest BCUT2D eigenvalue weighted by atomic mass is 16.8. The number of rotatable bonds is 17. The van der Waals surface area contributed by atoms with E-state index in [1.807, 2.05) is 0 Å². The topological polar surface area (TPSA) is 512 Å². The molecular weight excluding hydrogens is 956 g/mol. The molecule has 0 bridgehead atoms. The van der Waals surface area contributed by atoms with Gasteiger partial charge in [-0.1, -0.05) is 0 Å². The Morgan fingerprint density at radius 1 is 0.304 bits per heavy atom. The minimum absolute atomic E-state index is 0.614. The summed E-state index contributed by atoms with van der Waals surface area (Å²) in [6.45, 7) is -3.81. The van der Waals surface area contributed by atoms with Gasteiger partial charge in [0.25, 0.3) is 0 Å². The van der Waals surface area contributed by atoms with Gasteiger partial charge in [-0.2, -0.15) is 0 Å². The van der Waals surface area contributed by atoms with Crippen molar-refractivity contribution in [1.82, 2.24) is 0 Å². The molecular formula is C37H62O32. The number of methoxy groups -OCH3 is 1. The van der Waals surface area contributed by atoms with Crippen LogP contribution in [0.2, 0.25) is 0 Å². The fourth-order valence-electron chi connectivity index (χ4n) is 8.16. The van der Waals surface area contributed by atoms with Crippen LogP contribution in [0.3, 0.4) is 0 Å². The molecule has 6 heterocycles. The maximum atomic E-state index is 11.4. The van der Waals surface area contributed by atoms with Crippen molar-refractivity contribution in [3.8, 4) is 0 Å². The number of carboxylic acids is 1. The molecule has 6 saturated heterocycles. The molecule has 0 aromatic carbocycles. The molecule has 69 heavy (non-hydrogen) atoms. The van der Waals surface area contributed by atoms with E-state index in [1.165, 1.54) is 0 Å². The molecule has 32 nitrogen and oxygen atoms in total. The van der Waals surface area contributed by atoms with Crippen LogP contribution >= 0.6 is 0 Å². The van der Waals surface area contributed by atoms with Gasteiger partial charge in [0.15, 0.2) is 43.8 Å². The molecule has 6 fully saturated rings. The van der Waals surface area contributed by atoms with Crippen molar-refractivity contribution < 1.29 is 159 Å². The van der Waals surface area contributed by atoms with Gasteiger partial charge in [0.1, 0.15) is 140 Å². The molecule has 0 aliphatic carbocycles. The highest BCUT2D eigenvalue weighted by Crippen LogP contribution is 2.31. The number of aliphatic carboxylic acids is 1. The smallest absolute Gasteiger partial charge is 0.335 e. The lowest BCUT2D eigenvalue weighted by Gasteiger charge is -2.44. The highest BCUT2D eigenvalue weighted by Gasteiger charge is 2.53. The first-order valence-corrected chi connectivity index (χ1v) is 21.5. The van der Waals surface area contributed by atoms with Crippen molar-refractivity contribution in [3.05, 3.63) is 0 Å². The molecule has 6 aliphatic heterocycles. The van der Waals surface area contributed by atoms with E-state index in [1.54, 1.807) is 0 Å². The summed E-state index contributed by atoms with van der Waals surface area (Å²) in [7, 11) is 1.16. The lowest BCUT2D eigenvalue weighted by Crippen LogP contribution is -2.63. The van der Waals surface area contributed by atoms with E-state index < -0.39 is 223 Å². The molecule has 0 aromatic rings. The second-order valence-corrected chi connectivity index (χ2v) is 17.2. The third kappa shape index (κ3) is 12.3. The number of aliphatic hydroxyl groups excluding tert-OH is 18. The quantitative estimate of drug-likeness (QED) is 0.0643. The molecule has 32 heteroatoms. The minimum Gasteiger partial charge on any atom is -0.479 e. The number of ether oxygens (including phenoxy) is 12. The number of hydrogen-bond acceptors (Lipinski definition) is 31. The van der Waals surface area contributed by atoms with Gasteiger partial charge in [0.05, 0.1) is 33.0 Å². The summed E-state index contributed by atoms with van der Waals surface area (Å²) in [5.74, 6) is -1.71. The van der Waals surface area contributed by atoms with Gasteiger partial charge < -0.3 is 154 Å². The zero-order chi connectivity index (χ0) is 50.9. The molecule has 0 radical (unpaired) electrons. The maximum Gasteiger partial charge on any atom is 0.335 e. The summed E-state index contributed by atoms with van der Waals surface area (Å²) in [5.41, 5.74) is 0. The van der Waals surface area contributed by atoms with Gasteiger partial charge in [-0.25, -0.2) is 4.79 Å². The van der Waals surface area contributed by atoms with E-state index in [4.69, 9.17) is 56.8 Å². The van der Waals surface area contributed by atoms with Gasteiger partial charge in [-0.15, -0.1) is 0 Å². The first kappa shape index (κ1) is 56.6. The van der Waals surface area contributed by atoms with E-state index in [-0.39, 0.29) is 0 Å². The van der Waals surface area contributed by atoms with Crippen molar-refractivity contribution in [2.24, 2.45) is 0 Å². The van der Waals surface area contributed by atoms with Crippen molar-refractivity contribution in [3.63, 3.8) is 0 Å². The van der Waals surface area contributed by atoms with Crippen molar-refractivity contribution in [2.45, 2.75) is 184 Å². The van der Waals surface area contributed by atoms with Gasteiger partial charge in [0, 0.05) is 7.11 Å². The second kappa shape index (κ2) is 24.1. The van der Waals surface area contributed by atoms with E-state index in [0.717, 1.165) is 7.11 Å². The first-order valence-electron chi connectivity index (χ1n) is 21.5. The van der Waals surface area contributed by atoms with Crippen LogP contribution in [-0.2, 0) is 61.6 Å². The third-order valence-electron chi connectivity index (χ3n) is 12.5. The molecule has 402 valence electrons. The Morgan fingerprint density at radius 3 is 0.739 bits per heavy atom. The van der Waals surface area contributed by atoms with E-state index >= 15 is 0 Å². The molecule has 0 aromatic heterocycles. The molecule has 30 atom stereocenters. The number of aliphatic hydroxyl groups is 18. The third-order valence-corrected chi connectivity index (χ3v) is 12.5. The van der Waals surface area contributed by atoms with Gasteiger partial charge in [-0.05, 0) is 0 Å². The minimum atomic E-state index is -2.04. The summed E-state index contributed by atoms with van der Waals surface area (Å²) in [6.07, 6.45) is -55.1. The maximum absolute atomic E-state index is 11.4. The number of carboxylic acid groups (broad SMARTS) is 1. The molecule has 15 unspecified atom stereocenters. The molecule has 6 rings (SSSR count). The zero-order valence-electron chi connectivity index (χ0n) is 36.2. The van der Waals surface area contributed by atoms with Crippen LogP contribution in [0.1, 0.15) is 0 Å². The van der Waals surface area contributed by atoms with E-state index in [9.17, 15) is 102 Å². The molecule has 0 spiro atoms.